The van der Waals surface area contributed by atoms with Gasteiger partial charge in [0.1, 0.15) is 0 Å². The number of nitrogens with zero attached hydrogens (tertiary/aromatic N) is 2. The lowest BCUT2D eigenvalue weighted by molar-refractivity contribution is 0.0741. The molecule has 2 N–H and O–H groups in total. The first kappa shape index (κ1) is 12.9. The Labute approximate surface area is 109 Å². The third-order valence-electron chi connectivity index (χ3n) is 2.41. The van der Waals surface area contributed by atoms with E-state index in [0.29, 0.717) is 18.9 Å². The maximum absolute atomic E-state index is 12.6. The summed E-state index contributed by atoms with van der Waals surface area (Å²) in [5.41, 5.74) is 0.186. The first-order chi connectivity index (χ1) is 8.55. The minimum absolute atomic E-state index is 0.300. The molecule has 0 amide bonds. The van der Waals surface area contributed by atoms with E-state index < -0.39 is 11.4 Å². The van der Waals surface area contributed by atoms with E-state index in [1.54, 1.807) is 18.3 Å². The van der Waals surface area contributed by atoms with Gasteiger partial charge in [-0.3, -0.25) is 0 Å². The van der Waals surface area contributed by atoms with Gasteiger partial charge in [0.05, 0.1) is 18.0 Å². The molecule has 1 atom stereocenters. The van der Waals surface area contributed by atoms with Gasteiger partial charge in [-0.05, 0) is 29.3 Å². The molecule has 0 aliphatic heterocycles. The summed E-state index contributed by atoms with van der Waals surface area (Å²) in [5, 5.41) is 17.1. The van der Waals surface area contributed by atoms with Crippen LogP contribution in [0.2, 0.25) is 0 Å². The van der Waals surface area contributed by atoms with Crippen molar-refractivity contribution in [3.8, 4) is 0 Å². The van der Waals surface area contributed by atoms with Crippen LogP contribution in [0.3, 0.4) is 0 Å². The fourth-order valence-electron chi connectivity index (χ4n) is 1.57. The van der Waals surface area contributed by atoms with Crippen molar-refractivity contribution >= 4 is 17.3 Å². The van der Waals surface area contributed by atoms with Crippen molar-refractivity contribution in [3.63, 3.8) is 0 Å². The highest BCUT2D eigenvalue weighted by Crippen LogP contribution is 2.16. The van der Waals surface area contributed by atoms with Crippen LogP contribution in [0.5, 0.6) is 0 Å². The largest absolute Gasteiger partial charge is 0.388 e. The Hall–Kier alpha value is -1.53. The van der Waals surface area contributed by atoms with Crippen LogP contribution in [-0.2, 0) is 6.42 Å². The number of hydrogen-bond donors (Lipinski definition) is 2. The lowest BCUT2D eigenvalue weighted by Crippen LogP contribution is -2.36. The monoisotopic (exact) mass is 267 g/mol. The molecule has 18 heavy (non-hydrogen) atoms. The van der Waals surface area contributed by atoms with Gasteiger partial charge in [-0.1, -0.05) is 0 Å². The average molecular weight is 267 g/mol. The number of aliphatic hydroxyl groups is 1. The van der Waals surface area contributed by atoms with E-state index in [4.69, 9.17) is 0 Å². The highest BCUT2D eigenvalue weighted by Gasteiger charge is 2.21. The lowest BCUT2D eigenvalue weighted by Gasteiger charge is -2.23. The molecular weight excluding hydrogens is 253 g/mol. The molecular formula is C12H14FN3OS. The van der Waals surface area contributed by atoms with Crippen LogP contribution in [0.25, 0.3) is 0 Å². The predicted molar refractivity (Wildman–Crippen MR) is 69.1 cm³/mol. The average Bonchev–Trinajstić information content (AvgIpc) is 2.80. The third-order valence-corrected chi connectivity index (χ3v) is 3.14. The van der Waals surface area contributed by atoms with Gasteiger partial charge in [-0.15, -0.1) is 0 Å². The van der Waals surface area contributed by atoms with E-state index in [0.717, 1.165) is 18.0 Å². The summed E-state index contributed by atoms with van der Waals surface area (Å²) in [5.74, 6) is -0.174. The minimum Gasteiger partial charge on any atom is -0.388 e. The molecule has 0 spiro atoms. The van der Waals surface area contributed by atoms with E-state index >= 15 is 0 Å². The van der Waals surface area contributed by atoms with Crippen LogP contribution in [0.15, 0.2) is 29.2 Å². The van der Waals surface area contributed by atoms with E-state index in [-0.39, 0.29) is 0 Å². The van der Waals surface area contributed by atoms with Gasteiger partial charge in [-0.2, -0.15) is 11.3 Å². The third kappa shape index (κ3) is 3.75. The second-order valence-corrected chi connectivity index (χ2v) is 5.16. The molecule has 2 aromatic heterocycles. The van der Waals surface area contributed by atoms with E-state index in [1.165, 1.54) is 0 Å². The fraction of sp³-hybridized carbons (Fsp3) is 0.333. The van der Waals surface area contributed by atoms with Crippen LogP contribution in [0.1, 0.15) is 12.5 Å². The Morgan fingerprint density at radius 3 is 2.78 bits per heavy atom. The van der Waals surface area contributed by atoms with Crippen molar-refractivity contribution in [2.75, 3.05) is 11.9 Å². The van der Waals surface area contributed by atoms with Gasteiger partial charge in [0, 0.05) is 13.0 Å². The highest BCUT2D eigenvalue weighted by atomic mass is 32.1. The molecule has 2 aromatic rings. The van der Waals surface area contributed by atoms with Gasteiger partial charge in [-0.25, -0.2) is 14.4 Å². The van der Waals surface area contributed by atoms with E-state index in [2.05, 4.69) is 15.3 Å². The molecule has 0 aliphatic carbocycles. The summed E-state index contributed by atoms with van der Waals surface area (Å²) < 4.78 is 12.6. The van der Waals surface area contributed by atoms with E-state index in [9.17, 15) is 9.50 Å². The molecule has 0 radical (unpaired) electrons. The quantitative estimate of drug-likeness (QED) is 0.871. The molecule has 1 unspecified atom stereocenters. The summed E-state index contributed by atoms with van der Waals surface area (Å²) in [6, 6.07) is 1.98. The molecule has 2 heterocycles. The van der Waals surface area contributed by atoms with Gasteiger partial charge >= 0.3 is 0 Å². The Morgan fingerprint density at radius 1 is 1.44 bits per heavy atom. The summed E-state index contributed by atoms with van der Waals surface area (Å²) in [6.07, 6.45) is 2.72. The lowest BCUT2D eigenvalue weighted by atomic mass is 9.98. The van der Waals surface area contributed by atoms with Crippen molar-refractivity contribution in [3.05, 3.63) is 40.6 Å². The molecule has 0 fully saturated rings. The van der Waals surface area contributed by atoms with Gasteiger partial charge in [0.2, 0.25) is 5.95 Å². The van der Waals surface area contributed by atoms with Crippen LogP contribution in [0.4, 0.5) is 10.3 Å². The van der Waals surface area contributed by atoms with Gasteiger partial charge < -0.3 is 10.4 Å². The van der Waals surface area contributed by atoms with Crippen LogP contribution >= 0.6 is 11.3 Å². The van der Waals surface area contributed by atoms with Crippen molar-refractivity contribution < 1.29 is 9.50 Å². The van der Waals surface area contributed by atoms with Crippen molar-refractivity contribution in [2.24, 2.45) is 0 Å². The Balaban J connectivity index is 1.90. The zero-order valence-electron chi connectivity index (χ0n) is 9.93. The fourth-order valence-corrected chi connectivity index (χ4v) is 2.24. The number of rotatable bonds is 5. The van der Waals surface area contributed by atoms with Crippen molar-refractivity contribution in [1.82, 2.24) is 9.97 Å². The topological polar surface area (TPSA) is 58.0 Å². The second-order valence-electron chi connectivity index (χ2n) is 4.38. The maximum atomic E-state index is 12.6. The highest BCUT2D eigenvalue weighted by molar-refractivity contribution is 7.07. The maximum Gasteiger partial charge on any atom is 0.222 e. The van der Waals surface area contributed by atoms with Crippen LogP contribution in [-0.4, -0.2) is 27.2 Å². The number of aromatic nitrogens is 2. The molecule has 0 aromatic carbocycles. The molecule has 0 bridgehead atoms. The van der Waals surface area contributed by atoms with Crippen molar-refractivity contribution in [2.45, 2.75) is 18.9 Å². The number of hydrogen-bond acceptors (Lipinski definition) is 5. The zero-order valence-corrected chi connectivity index (χ0v) is 10.7. The number of nitrogens with one attached hydrogen (secondary N) is 1. The molecule has 96 valence electrons. The minimum atomic E-state index is -0.904. The first-order valence-corrected chi connectivity index (χ1v) is 6.44. The van der Waals surface area contributed by atoms with Gasteiger partial charge in [0.25, 0.3) is 0 Å². The molecule has 0 aliphatic rings. The van der Waals surface area contributed by atoms with Crippen LogP contribution < -0.4 is 5.32 Å². The van der Waals surface area contributed by atoms with Crippen molar-refractivity contribution in [1.29, 1.82) is 0 Å². The van der Waals surface area contributed by atoms with Gasteiger partial charge in [0.15, 0.2) is 5.82 Å². The zero-order chi connectivity index (χ0) is 13.0. The summed E-state index contributed by atoms with van der Waals surface area (Å²) >= 11 is 1.60. The molecule has 0 saturated carbocycles. The number of anilines is 1. The smallest absolute Gasteiger partial charge is 0.222 e. The standard InChI is InChI=1S/C12H14FN3OS/c1-12(17,4-9-2-3-18-7-9)8-16-11-14-5-10(13)6-15-11/h2-3,5-7,17H,4,8H2,1H3,(H,14,15,16). The SMILES string of the molecule is CC(O)(CNc1ncc(F)cn1)Cc1ccsc1. The Kier molecular flexibility index (Phi) is 3.88. The first-order valence-electron chi connectivity index (χ1n) is 5.50. The number of thiophene rings is 1. The summed E-state index contributed by atoms with van der Waals surface area (Å²) in [4.78, 5) is 7.54. The Bertz CT molecular complexity index is 485. The normalized spacial score (nSPS) is 14.2. The summed E-state index contributed by atoms with van der Waals surface area (Å²) in [6.45, 7) is 2.04. The van der Waals surface area contributed by atoms with Crippen LogP contribution in [0, 0.1) is 5.82 Å². The molecule has 0 saturated heterocycles. The molecule has 2 rings (SSSR count). The second kappa shape index (κ2) is 5.41. The van der Waals surface area contributed by atoms with E-state index in [1.807, 2.05) is 16.8 Å². The Morgan fingerprint density at radius 2 is 2.17 bits per heavy atom. The molecule has 4 nitrogen and oxygen atoms in total. The predicted octanol–water partition coefficient (Wildman–Crippen LogP) is 2.08. The molecule has 6 heteroatoms. The summed E-state index contributed by atoms with van der Waals surface area (Å²) in [7, 11) is 0. The number of halogens is 1.